The molecule has 9 heteroatoms. The van der Waals surface area contributed by atoms with Crippen LogP contribution in [0.15, 0.2) is 60.2 Å². The largest absolute Gasteiger partial charge is 0.487 e. The SMILES string of the molecule is Cc1cc(C)cc(N2C(=O)NC(=O)/C(=C\c3cc(I)c(OCc4ccccc4C#N)c(I)c3)C2=O)c1. The van der Waals surface area contributed by atoms with Crippen molar-refractivity contribution in [3.05, 3.63) is 95.1 Å². The van der Waals surface area contributed by atoms with Crippen molar-refractivity contribution in [2.24, 2.45) is 0 Å². The topological polar surface area (TPSA) is 99.5 Å². The summed E-state index contributed by atoms with van der Waals surface area (Å²) in [6.45, 7) is 3.97. The number of nitrogens with one attached hydrogen (secondary N) is 1. The third-order valence-electron chi connectivity index (χ3n) is 5.41. The van der Waals surface area contributed by atoms with Crippen LogP contribution >= 0.6 is 45.2 Å². The summed E-state index contributed by atoms with van der Waals surface area (Å²) in [5, 5.41) is 11.6. The van der Waals surface area contributed by atoms with E-state index in [-0.39, 0.29) is 12.2 Å². The second-order valence-corrected chi connectivity index (χ2v) is 10.5. The summed E-state index contributed by atoms with van der Waals surface area (Å²) in [6.07, 6.45) is 1.47. The highest BCUT2D eigenvalue weighted by Crippen LogP contribution is 2.31. The minimum atomic E-state index is -0.780. The Labute approximate surface area is 235 Å². The normalized spacial score (nSPS) is 14.6. The summed E-state index contributed by atoms with van der Waals surface area (Å²) in [6, 6.07) is 17.6. The van der Waals surface area contributed by atoms with Crippen molar-refractivity contribution < 1.29 is 19.1 Å². The van der Waals surface area contributed by atoms with E-state index in [9.17, 15) is 19.6 Å². The minimum absolute atomic E-state index is 0.142. The molecule has 3 aromatic rings. The van der Waals surface area contributed by atoms with Crippen molar-refractivity contribution >= 4 is 74.8 Å². The molecule has 0 spiro atoms. The van der Waals surface area contributed by atoms with Gasteiger partial charge in [0.2, 0.25) is 0 Å². The number of amides is 4. The average Bonchev–Trinajstić information content (AvgIpc) is 2.80. The summed E-state index contributed by atoms with van der Waals surface area (Å²) >= 11 is 4.25. The van der Waals surface area contributed by atoms with Crippen LogP contribution in [-0.2, 0) is 16.2 Å². The Morgan fingerprint density at radius 2 is 1.64 bits per heavy atom. The van der Waals surface area contributed by atoms with Gasteiger partial charge in [0, 0.05) is 5.56 Å². The zero-order valence-corrected chi connectivity index (χ0v) is 23.6. The molecule has 180 valence electrons. The van der Waals surface area contributed by atoms with E-state index in [1.165, 1.54) is 6.08 Å². The lowest BCUT2D eigenvalue weighted by Gasteiger charge is -2.27. The minimum Gasteiger partial charge on any atom is -0.487 e. The number of carbonyl (C=O) groups excluding carboxylic acids is 3. The zero-order valence-electron chi connectivity index (χ0n) is 19.3. The third kappa shape index (κ3) is 5.44. The van der Waals surface area contributed by atoms with E-state index < -0.39 is 17.8 Å². The van der Waals surface area contributed by atoms with Gasteiger partial charge >= 0.3 is 6.03 Å². The molecule has 36 heavy (non-hydrogen) atoms. The van der Waals surface area contributed by atoms with Crippen LogP contribution in [0.2, 0.25) is 0 Å². The van der Waals surface area contributed by atoms with Gasteiger partial charge in [0.25, 0.3) is 11.8 Å². The molecule has 0 radical (unpaired) electrons. The molecule has 1 fully saturated rings. The smallest absolute Gasteiger partial charge is 0.335 e. The molecule has 1 saturated heterocycles. The lowest BCUT2D eigenvalue weighted by atomic mass is 10.1. The maximum atomic E-state index is 13.3. The molecular weight excluding hydrogens is 684 g/mol. The van der Waals surface area contributed by atoms with Crippen molar-refractivity contribution in [2.75, 3.05) is 4.90 Å². The number of ether oxygens (including phenoxy) is 1. The van der Waals surface area contributed by atoms with Crippen molar-refractivity contribution in [2.45, 2.75) is 20.5 Å². The summed E-state index contributed by atoms with van der Waals surface area (Å²) in [4.78, 5) is 39.3. The van der Waals surface area contributed by atoms with Crippen LogP contribution in [0.4, 0.5) is 10.5 Å². The summed E-state index contributed by atoms with van der Waals surface area (Å²) in [7, 11) is 0. The number of nitrogens with zero attached hydrogens (tertiary/aromatic N) is 2. The first-order valence-corrected chi connectivity index (χ1v) is 12.9. The van der Waals surface area contributed by atoms with Crippen molar-refractivity contribution in [1.82, 2.24) is 5.32 Å². The van der Waals surface area contributed by atoms with Gasteiger partial charge in [-0.15, -0.1) is 0 Å². The Kier molecular flexibility index (Phi) is 7.75. The first kappa shape index (κ1) is 25.8. The number of rotatable bonds is 5. The van der Waals surface area contributed by atoms with E-state index in [1.54, 1.807) is 36.4 Å². The highest BCUT2D eigenvalue weighted by atomic mass is 127. The Balaban J connectivity index is 1.63. The van der Waals surface area contributed by atoms with Gasteiger partial charge in [-0.3, -0.25) is 14.9 Å². The second kappa shape index (κ2) is 10.8. The predicted octanol–water partition coefficient (Wildman–Crippen LogP) is 5.63. The van der Waals surface area contributed by atoms with Gasteiger partial charge in [0.1, 0.15) is 17.9 Å². The van der Waals surface area contributed by atoms with Crippen LogP contribution < -0.4 is 15.0 Å². The Morgan fingerprint density at radius 1 is 1.00 bits per heavy atom. The number of barbiturate groups is 1. The lowest BCUT2D eigenvalue weighted by Crippen LogP contribution is -2.54. The molecule has 0 atom stereocenters. The molecule has 3 aromatic carbocycles. The molecule has 0 aromatic heterocycles. The number of nitriles is 1. The molecule has 1 heterocycles. The summed E-state index contributed by atoms with van der Waals surface area (Å²) in [5.74, 6) is -0.797. The third-order valence-corrected chi connectivity index (χ3v) is 7.01. The van der Waals surface area contributed by atoms with Crippen molar-refractivity contribution in [3.8, 4) is 11.8 Å². The monoisotopic (exact) mass is 703 g/mol. The van der Waals surface area contributed by atoms with Gasteiger partial charge in [0.05, 0.1) is 24.5 Å². The first-order chi connectivity index (χ1) is 17.2. The number of aryl methyl sites for hydroxylation is 2. The number of carbonyl (C=O) groups is 3. The molecule has 4 amide bonds. The van der Waals surface area contributed by atoms with Gasteiger partial charge in [-0.2, -0.15) is 5.26 Å². The summed E-state index contributed by atoms with van der Waals surface area (Å²) in [5.41, 5.74) is 3.99. The lowest BCUT2D eigenvalue weighted by molar-refractivity contribution is -0.122. The van der Waals surface area contributed by atoms with Crippen molar-refractivity contribution in [1.29, 1.82) is 5.26 Å². The van der Waals surface area contributed by atoms with Gasteiger partial charge in [0.15, 0.2) is 0 Å². The number of halogens is 2. The van der Waals surface area contributed by atoms with E-state index in [0.717, 1.165) is 28.7 Å². The van der Waals surface area contributed by atoms with E-state index in [2.05, 4.69) is 56.6 Å². The number of imide groups is 2. The maximum absolute atomic E-state index is 13.3. The fourth-order valence-corrected chi connectivity index (χ4v) is 5.97. The fourth-order valence-electron chi connectivity index (χ4n) is 3.84. The van der Waals surface area contributed by atoms with Crippen LogP contribution in [0, 0.1) is 32.3 Å². The highest BCUT2D eigenvalue weighted by Gasteiger charge is 2.37. The Hall–Kier alpha value is -3.24. The molecular formula is C27H19I2N3O4. The molecule has 0 unspecified atom stereocenters. The Bertz CT molecular complexity index is 1450. The number of urea groups is 1. The van der Waals surface area contributed by atoms with E-state index in [1.807, 2.05) is 32.0 Å². The van der Waals surface area contributed by atoms with Crippen LogP contribution in [0.1, 0.15) is 27.8 Å². The molecule has 7 nitrogen and oxygen atoms in total. The van der Waals surface area contributed by atoms with Crippen molar-refractivity contribution in [3.63, 3.8) is 0 Å². The molecule has 4 rings (SSSR count). The zero-order chi connectivity index (χ0) is 26.0. The number of benzene rings is 3. The highest BCUT2D eigenvalue weighted by molar-refractivity contribution is 14.1. The van der Waals surface area contributed by atoms with Gasteiger partial charge in [-0.1, -0.05) is 24.3 Å². The number of anilines is 1. The molecule has 1 aliphatic rings. The van der Waals surface area contributed by atoms with Gasteiger partial charge < -0.3 is 4.74 Å². The van der Waals surface area contributed by atoms with E-state index in [0.29, 0.717) is 22.6 Å². The van der Waals surface area contributed by atoms with Crippen LogP contribution in [0.25, 0.3) is 6.08 Å². The standard InChI is InChI=1S/C27H19I2N3O4/c1-15-7-16(2)9-20(8-15)32-26(34)21(25(33)31-27(32)35)10-17-11-22(28)24(23(29)12-17)36-14-19-6-4-3-5-18(19)13-30/h3-12H,14H2,1-2H3,(H,31,33,35)/b21-10+. The van der Waals surface area contributed by atoms with Gasteiger partial charge in [-0.25, -0.2) is 9.69 Å². The number of hydrogen-bond acceptors (Lipinski definition) is 5. The molecule has 0 bridgehead atoms. The summed E-state index contributed by atoms with van der Waals surface area (Å²) < 4.78 is 7.55. The maximum Gasteiger partial charge on any atom is 0.335 e. The van der Waals surface area contributed by atoms with Crippen LogP contribution in [-0.4, -0.2) is 17.8 Å². The quantitative estimate of drug-likeness (QED) is 0.211. The predicted molar refractivity (Wildman–Crippen MR) is 152 cm³/mol. The molecule has 0 aliphatic carbocycles. The Morgan fingerprint density at radius 3 is 2.28 bits per heavy atom. The molecule has 1 N–H and O–H groups in total. The molecule has 0 saturated carbocycles. The van der Waals surface area contributed by atoms with Crippen LogP contribution in [0.3, 0.4) is 0 Å². The first-order valence-electron chi connectivity index (χ1n) is 10.8. The van der Waals surface area contributed by atoms with E-state index >= 15 is 0 Å². The fraction of sp³-hybridized carbons (Fsp3) is 0.111. The van der Waals surface area contributed by atoms with Crippen LogP contribution in [0.5, 0.6) is 5.75 Å². The average molecular weight is 703 g/mol. The van der Waals surface area contributed by atoms with E-state index in [4.69, 9.17) is 4.74 Å². The number of hydrogen-bond donors (Lipinski definition) is 1. The van der Waals surface area contributed by atoms with Gasteiger partial charge in [-0.05, 0) is 112 Å². The second-order valence-electron chi connectivity index (χ2n) is 8.18. The molecule has 1 aliphatic heterocycles.